The third-order valence-corrected chi connectivity index (χ3v) is 3.35. The molecule has 0 saturated heterocycles. The van der Waals surface area contributed by atoms with Crippen molar-refractivity contribution in [2.45, 2.75) is 52.0 Å². The van der Waals surface area contributed by atoms with E-state index in [-0.39, 0.29) is 0 Å². The van der Waals surface area contributed by atoms with Gasteiger partial charge in [-0.1, -0.05) is 33.1 Å². The van der Waals surface area contributed by atoms with Crippen LogP contribution in [0.5, 0.6) is 0 Å². The molecule has 2 nitrogen and oxygen atoms in total. The first-order valence-electron chi connectivity index (χ1n) is 6.11. The standard InChI is InChI=1S/C12H24N2S/c1-10(2)9-14(3)12(15)13-11-7-5-4-6-8-11/h10-11H,4-9H2,1-3H3,(H,13,15). The van der Waals surface area contributed by atoms with E-state index in [2.05, 4.69) is 31.1 Å². The second-order valence-electron chi connectivity index (χ2n) is 5.06. The summed E-state index contributed by atoms with van der Waals surface area (Å²) in [4.78, 5) is 2.16. The van der Waals surface area contributed by atoms with E-state index >= 15 is 0 Å². The summed E-state index contributed by atoms with van der Waals surface area (Å²) in [6.45, 7) is 5.48. The number of nitrogens with one attached hydrogen (secondary N) is 1. The van der Waals surface area contributed by atoms with Crippen LogP contribution in [0.2, 0.25) is 0 Å². The van der Waals surface area contributed by atoms with Gasteiger partial charge in [-0.2, -0.15) is 0 Å². The molecular formula is C12H24N2S. The molecule has 1 N–H and O–H groups in total. The molecule has 0 heterocycles. The van der Waals surface area contributed by atoms with Crippen molar-refractivity contribution >= 4 is 17.3 Å². The van der Waals surface area contributed by atoms with Gasteiger partial charge in [0.1, 0.15) is 0 Å². The Labute approximate surface area is 99.4 Å². The summed E-state index contributed by atoms with van der Waals surface area (Å²) >= 11 is 5.39. The maximum Gasteiger partial charge on any atom is 0.168 e. The molecule has 0 aliphatic heterocycles. The molecule has 0 amide bonds. The Balaban J connectivity index is 2.27. The molecule has 0 unspecified atom stereocenters. The number of hydrogen-bond acceptors (Lipinski definition) is 1. The Bertz CT molecular complexity index is 198. The van der Waals surface area contributed by atoms with Gasteiger partial charge in [0.15, 0.2) is 5.11 Å². The van der Waals surface area contributed by atoms with Crippen LogP contribution in [0.1, 0.15) is 46.0 Å². The molecule has 0 aromatic carbocycles. The summed E-state index contributed by atoms with van der Waals surface area (Å²) in [6.07, 6.45) is 6.68. The summed E-state index contributed by atoms with van der Waals surface area (Å²) in [6, 6.07) is 0.626. The van der Waals surface area contributed by atoms with Crippen molar-refractivity contribution in [3.63, 3.8) is 0 Å². The molecule has 1 aliphatic rings. The number of hydrogen-bond donors (Lipinski definition) is 1. The number of rotatable bonds is 3. The van der Waals surface area contributed by atoms with Gasteiger partial charge in [0.05, 0.1) is 0 Å². The van der Waals surface area contributed by atoms with Crippen LogP contribution >= 0.6 is 12.2 Å². The van der Waals surface area contributed by atoms with E-state index in [1.807, 2.05) is 0 Å². The zero-order valence-electron chi connectivity index (χ0n) is 10.3. The Morgan fingerprint density at radius 2 is 1.93 bits per heavy atom. The van der Waals surface area contributed by atoms with Gasteiger partial charge >= 0.3 is 0 Å². The Hall–Kier alpha value is -0.310. The fourth-order valence-corrected chi connectivity index (χ4v) is 2.40. The predicted molar refractivity (Wildman–Crippen MR) is 70.1 cm³/mol. The summed E-state index contributed by atoms with van der Waals surface area (Å²) in [5.74, 6) is 0.668. The van der Waals surface area contributed by atoms with E-state index in [1.54, 1.807) is 0 Å². The average Bonchev–Trinajstić information content (AvgIpc) is 2.18. The van der Waals surface area contributed by atoms with E-state index in [0.29, 0.717) is 12.0 Å². The SMILES string of the molecule is CC(C)CN(C)C(=S)NC1CCCCC1. The van der Waals surface area contributed by atoms with Crippen molar-refractivity contribution in [2.75, 3.05) is 13.6 Å². The molecule has 0 aromatic rings. The minimum absolute atomic E-state index is 0.626. The van der Waals surface area contributed by atoms with Crippen molar-refractivity contribution in [1.29, 1.82) is 0 Å². The molecule has 1 fully saturated rings. The summed E-state index contributed by atoms with van der Waals surface area (Å²) in [5, 5.41) is 4.41. The van der Waals surface area contributed by atoms with Gasteiger partial charge in [0.2, 0.25) is 0 Å². The molecule has 0 aromatic heterocycles. The predicted octanol–water partition coefficient (Wildman–Crippen LogP) is 2.78. The van der Waals surface area contributed by atoms with E-state index < -0.39 is 0 Å². The average molecular weight is 228 g/mol. The zero-order valence-corrected chi connectivity index (χ0v) is 11.1. The fourth-order valence-electron chi connectivity index (χ4n) is 2.16. The number of nitrogens with zero attached hydrogens (tertiary/aromatic N) is 1. The lowest BCUT2D eigenvalue weighted by Gasteiger charge is -2.29. The molecule has 0 radical (unpaired) electrons. The van der Waals surface area contributed by atoms with Crippen molar-refractivity contribution < 1.29 is 0 Å². The van der Waals surface area contributed by atoms with Gasteiger partial charge in [0.25, 0.3) is 0 Å². The Morgan fingerprint density at radius 1 is 1.33 bits per heavy atom. The molecule has 1 saturated carbocycles. The topological polar surface area (TPSA) is 15.3 Å². The smallest absolute Gasteiger partial charge is 0.168 e. The molecule has 0 atom stereocenters. The first kappa shape index (κ1) is 12.8. The Morgan fingerprint density at radius 3 is 2.47 bits per heavy atom. The quantitative estimate of drug-likeness (QED) is 0.748. The third-order valence-electron chi connectivity index (χ3n) is 2.92. The van der Waals surface area contributed by atoms with Crippen LogP contribution in [0.25, 0.3) is 0 Å². The third kappa shape index (κ3) is 4.83. The van der Waals surface area contributed by atoms with Crippen LogP contribution < -0.4 is 5.32 Å². The van der Waals surface area contributed by atoms with Gasteiger partial charge in [-0.25, -0.2) is 0 Å². The van der Waals surface area contributed by atoms with Crippen LogP contribution in [0.3, 0.4) is 0 Å². The van der Waals surface area contributed by atoms with E-state index in [4.69, 9.17) is 12.2 Å². The highest BCUT2D eigenvalue weighted by atomic mass is 32.1. The largest absolute Gasteiger partial charge is 0.360 e. The first-order chi connectivity index (χ1) is 7.09. The second-order valence-corrected chi connectivity index (χ2v) is 5.45. The number of thiocarbonyl (C=S) groups is 1. The van der Waals surface area contributed by atoms with Crippen LogP contribution in [0, 0.1) is 5.92 Å². The minimum atomic E-state index is 0.626. The van der Waals surface area contributed by atoms with Gasteiger partial charge < -0.3 is 10.2 Å². The first-order valence-corrected chi connectivity index (χ1v) is 6.52. The lowest BCUT2D eigenvalue weighted by molar-refractivity contribution is 0.377. The van der Waals surface area contributed by atoms with Crippen LogP contribution in [-0.2, 0) is 0 Å². The Kier molecular flexibility index (Phi) is 5.37. The highest BCUT2D eigenvalue weighted by Gasteiger charge is 2.15. The zero-order chi connectivity index (χ0) is 11.3. The molecule has 0 spiro atoms. The maximum absolute atomic E-state index is 5.39. The highest BCUT2D eigenvalue weighted by Crippen LogP contribution is 2.17. The minimum Gasteiger partial charge on any atom is -0.360 e. The molecule has 1 aliphatic carbocycles. The highest BCUT2D eigenvalue weighted by molar-refractivity contribution is 7.80. The van der Waals surface area contributed by atoms with Gasteiger partial charge in [-0.15, -0.1) is 0 Å². The molecule has 88 valence electrons. The van der Waals surface area contributed by atoms with Crippen molar-refractivity contribution in [3.05, 3.63) is 0 Å². The molecular weight excluding hydrogens is 204 g/mol. The molecule has 3 heteroatoms. The van der Waals surface area contributed by atoms with Gasteiger partial charge in [0, 0.05) is 19.6 Å². The van der Waals surface area contributed by atoms with Crippen molar-refractivity contribution in [2.24, 2.45) is 5.92 Å². The van der Waals surface area contributed by atoms with Crippen molar-refractivity contribution in [3.8, 4) is 0 Å². The summed E-state index contributed by atoms with van der Waals surface area (Å²) in [5.41, 5.74) is 0. The lowest BCUT2D eigenvalue weighted by Crippen LogP contribution is -2.44. The second kappa shape index (κ2) is 6.31. The van der Waals surface area contributed by atoms with E-state index in [9.17, 15) is 0 Å². The van der Waals surface area contributed by atoms with Crippen LogP contribution in [0.15, 0.2) is 0 Å². The molecule has 1 rings (SSSR count). The van der Waals surface area contributed by atoms with Crippen LogP contribution in [-0.4, -0.2) is 29.6 Å². The fraction of sp³-hybridized carbons (Fsp3) is 0.917. The lowest BCUT2D eigenvalue weighted by atomic mass is 9.96. The van der Waals surface area contributed by atoms with Crippen LogP contribution in [0.4, 0.5) is 0 Å². The van der Waals surface area contributed by atoms with Gasteiger partial charge in [-0.05, 0) is 31.0 Å². The van der Waals surface area contributed by atoms with Crippen molar-refractivity contribution in [1.82, 2.24) is 10.2 Å². The molecule has 0 bridgehead atoms. The van der Waals surface area contributed by atoms with E-state index in [0.717, 1.165) is 11.7 Å². The van der Waals surface area contributed by atoms with Gasteiger partial charge in [-0.3, -0.25) is 0 Å². The summed E-state index contributed by atoms with van der Waals surface area (Å²) in [7, 11) is 2.08. The molecule has 15 heavy (non-hydrogen) atoms. The monoisotopic (exact) mass is 228 g/mol. The van der Waals surface area contributed by atoms with E-state index in [1.165, 1.54) is 32.1 Å². The maximum atomic E-state index is 5.39. The summed E-state index contributed by atoms with van der Waals surface area (Å²) < 4.78 is 0. The normalized spacial score (nSPS) is 17.9.